The maximum Gasteiger partial charge on any atom is 0.408 e. The van der Waals surface area contributed by atoms with Gasteiger partial charge < -0.3 is 20.3 Å². The second-order valence-corrected chi connectivity index (χ2v) is 9.05. The average Bonchev–Trinajstić information content (AvgIpc) is 3.14. The molecule has 3 rings (SSSR count). The zero-order chi connectivity index (χ0) is 19.7. The number of rotatable bonds is 4. The topological polar surface area (TPSA) is 70.7 Å². The Morgan fingerprint density at radius 1 is 1.22 bits per heavy atom. The molecule has 2 amide bonds. The lowest BCUT2D eigenvalue weighted by molar-refractivity contribution is -0.131. The minimum atomic E-state index is -0.486. The third-order valence-corrected chi connectivity index (χ3v) is 5.25. The summed E-state index contributed by atoms with van der Waals surface area (Å²) in [6.45, 7) is 9.46. The van der Waals surface area contributed by atoms with E-state index < -0.39 is 5.60 Å². The largest absolute Gasteiger partial charge is 0.443 e. The van der Waals surface area contributed by atoms with Crippen LogP contribution in [0.4, 0.5) is 4.79 Å². The van der Waals surface area contributed by atoms with Crippen molar-refractivity contribution in [2.75, 3.05) is 6.54 Å². The van der Waals surface area contributed by atoms with Crippen LogP contribution >= 0.6 is 0 Å². The highest BCUT2D eigenvalue weighted by atomic mass is 16.6. The van der Waals surface area contributed by atoms with E-state index in [1.807, 2.05) is 44.7 Å². The number of carbonyl (C=O) groups is 2. The standard InChI is InChI=1S/C21H31N3O3/c1-20(2,3)23-19(26)27-21(4)10-9-17(11-21)22-12-18(25)24-13-15-7-5-6-8-16(15)14-24/h5-8,17,22H,9-14H2,1-4H3,(H,23,26). The van der Waals surface area contributed by atoms with Crippen LogP contribution in [-0.2, 0) is 22.6 Å². The lowest BCUT2D eigenvalue weighted by Crippen LogP contribution is -2.45. The van der Waals surface area contributed by atoms with E-state index in [2.05, 4.69) is 22.8 Å². The van der Waals surface area contributed by atoms with Crippen molar-refractivity contribution in [2.45, 2.75) is 77.2 Å². The number of nitrogens with one attached hydrogen (secondary N) is 2. The second kappa shape index (κ2) is 7.50. The molecule has 1 saturated carbocycles. The average molecular weight is 373 g/mol. The molecule has 6 nitrogen and oxygen atoms in total. The van der Waals surface area contributed by atoms with Gasteiger partial charge in [0.1, 0.15) is 5.60 Å². The predicted molar refractivity (Wildman–Crippen MR) is 104 cm³/mol. The summed E-state index contributed by atoms with van der Waals surface area (Å²) in [7, 11) is 0. The van der Waals surface area contributed by atoms with Crippen molar-refractivity contribution in [3.05, 3.63) is 35.4 Å². The normalized spacial score (nSPS) is 24.6. The molecule has 1 aromatic carbocycles. The van der Waals surface area contributed by atoms with E-state index in [1.165, 1.54) is 11.1 Å². The summed E-state index contributed by atoms with van der Waals surface area (Å²) < 4.78 is 5.67. The number of alkyl carbamates (subject to hydrolysis) is 1. The predicted octanol–water partition coefficient (Wildman–Crippen LogP) is 2.95. The Kier molecular flexibility index (Phi) is 5.47. The first kappa shape index (κ1) is 19.7. The summed E-state index contributed by atoms with van der Waals surface area (Å²) >= 11 is 0. The van der Waals surface area contributed by atoms with Crippen LogP contribution in [0.1, 0.15) is 58.1 Å². The van der Waals surface area contributed by atoms with Gasteiger partial charge in [-0.05, 0) is 51.7 Å². The molecule has 1 aromatic rings. The van der Waals surface area contributed by atoms with Crippen molar-refractivity contribution in [3.63, 3.8) is 0 Å². The summed E-state index contributed by atoms with van der Waals surface area (Å²) in [5.41, 5.74) is 1.67. The lowest BCUT2D eigenvalue weighted by atomic mass is 10.1. The van der Waals surface area contributed by atoms with Crippen LogP contribution < -0.4 is 10.6 Å². The van der Waals surface area contributed by atoms with E-state index in [0.717, 1.165) is 19.3 Å². The monoisotopic (exact) mass is 373 g/mol. The van der Waals surface area contributed by atoms with Gasteiger partial charge >= 0.3 is 6.09 Å². The van der Waals surface area contributed by atoms with Gasteiger partial charge in [0.05, 0.1) is 6.54 Å². The molecule has 1 heterocycles. The number of benzene rings is 1. The quantitative estimate of drug-likeness (QED) is 0.851. The Morgan fingerprint density at radius 2 is 1.85 bits per heavy atom. The highest BCUT2D eigenvalue weighted by Gasteiger charge is 2.39. The number of hydrogen-bond donors (Lipinski definition) is 2. The molecule has 2 N–H and O–H groups in total. The first-order chi connectivity index (χ1) is 12.6. The molecule has 0 radical (unpaired) electrons. The minimum absolute atomic E-state index is 0.117. The number of carbonyl (C=O) groups excluding carboxylic acids is 2. The summed E-state index contributed by atoms with van der Waals surface area (Å²) in [4.78, 5) is 26.5. The van der Waals surface area contributed by atoms with Gasteiger partial charge in [0.25, 0.3) is 0 Å². The third kappa shape index (κ3) is 5.22. The SMILES string of the molecule is CC(C)(C)NC(=O)OC1(C)CCC(NCC(=O)N2Cc3ccccc3C2)C1. The minimum Gasteiger partial charge on any atom is -0.443 e. The van der Waals surface area contributed by atoms with Crippen molar-refractivity contribution in [2.24, 2.45) is 0 Å². The summed E-state index contributed by atoms with van der Waals surface area (Å²) in [5.74, 6) is 0.117. The molecule has 0 aromatic heterocycles. The van der Waals surface area contributed by atoms with E-state index in [9.17, 15) is 9.59 Å². The van der Waals surface area contributed by atoms with Crippen LogP contribution in [0.15, 0.2) is 24.3 Å². The smallest absolute Gasteiger partial charge is 0.408 e. The van der Waals surface area contributed by atoms with Gasteiger partial charge in [-0.1, -0.05) is 24.3 Å². The van der Waals surface area contributed by atoms with Crippen molar-refractivity contribution in [1.29, 1.82) is 0 Å². The van der Waals surface area contributed by atoms with E-state index in [4.69, 9.17) is 4.74 Å². The van der Waals surface area contributed by atoms with Gasteiger partial charge in [0.2, 0.25) is 5.91 Å². The van der Waals surface area contributed by atoms with E-state index in [0.29, 0.717) is 19.6 Å². The van der Waals surface area contributed by atoms with Crippen LogP contribution in [0.5, 0.6) is 0 Å². The van der Waals surface area contributed by atoms with Crippen molar-refractivity contribution < 1.29 is 14.3 Å². The number of amides is 2. The first-order valence-corrected chi connectivity index (χ1v) is 9.73. The summed E-state index contributed by atoms with van der Waals surface area (Å²) in [5, 5.41) is 6.20. The Bertz CT molecular complexity index is 688. The second-order valence-electron chi connectivity index (χ2n) is 9.05. The third-order valence-electron chi connectivity index (χ3n) is 5.25. The van der Waals surface area contributed by atoms with Crippen LogP contribution in [0.3, 0.4) is 0 Å². The van der Waals surface area contributed by atoms with Crippen LogP contribution in [-0.4, -0.2) is 40.6 Å². The maximum atomic E-state index is 12.5. The van der Waals surface area contributed by atoms with E-state index >= 15 is 0 Å². The van der Waals surface area contributed by atoms with Crippen molar-refractivity contribution in [3.8, 4) is 0 Å². The van der Waals surface area contributed by atoms with E-state index in [1.54, 1.807) is 0 Å². The van der Waals surface area contributed by atoms with Gasteiger partial charge in [-0.3, -0.25) is 4.79 Å². The van der Waals surface area contributed by atoms with Gasteiger partial charge in [0.15, 0.2) is 0 Å². The van der Waals surface area contributed by atoms with Crippen LogP contribution in [0.25, 0.3) is 0 Å². The Morgan fingerprint density at radius 3 is 2.44 bits per heavy atom. The zero-order valence-corrected chi connectivity index (χ0v) is 16.8. The van der Waals surface area contributed by atoms with Gasteiger partial charge in [-0.2, -0.15) is 0 Å². The first-order valence-electron chi connectivity index (χ1n) is 9.73. The molecule has 6 heteroatoms. The Balaban J connectivity index is 1.44. The Hall–Kier alpha value is -2.08. The van der Waals surface area contributed by atoms with Crippen LogP contribution in [0.2, 0.25) is 0 Å². The van der Waals surface area contributed by atoms with E-state index in [-0.39, 0.29) is 23.6 Å². The molecule has 0 bridgehead atoms. The molecular weight excluding hydrogens is 342 g/mol. The number of fused-ring (bicyclic) bond motifs is 1. The highest BCUT2D eigenvalue weighted by Crippen LogP contribution is 2.33. The van der Waals surface area contributed by atoms with Crippen molar-refractivity contribution in [1.82, 2.24) is 15.5 Å². The maximum absolute atomic E-state index is 12.5. The fourth-order valence-electron chi connectivity index (χ4n) is 3.88. The molecule has 2 aliphatic rings. The summed E-state index contributed by atoms with van der Waals surface area (Å²) in [6, 6.07) is 8.38. The van der Waals surface area contributed by atoms with Gasteiger partial charge in [0, 0.05) is 31.1 Å². The van der Waals surface area contributed by atoms with Gasteiger partial charge in [-0.25, -0.2) is 4.79 Å². The fraction of sp³-hybridized carbons (Fsp3) is 0.619. The number of ether oxygens (including phenoxy) is 1. The molecule has 1 aliphatic carbocycles. The molecule has 0 spiro atoms. The fourth-order valence-corrected chi connectivity index (χ4v) is 3.88. The molecule has 27 heavy (non-hydrogen) atoms. The molecular formula is C21H31N3O3. The molecule has 2 atom stereocenters. The molecule has 1 aliphatic heterocycles. The number of hydrogen-bond acceptors (Lipinski definition) is 4. The highest BCUT2D eigenvalue weighted by molar-refractivity contribution is 5.79. The van der Waals surface area contributed by atoms with Gasteiger partial charge in [-0.15, -0.1) is 0 Å². The zero-order valence-electron chi connectivity index (χ0n) is 16.8. The van der Waals surface area contributed by atoms with Crippen molar-refractivity contribution >= 4 is 12.0 Å². The number of nitrogens with zero attached hydrogens (tertiary/aromatic N) is 1. The van der Waals surface area contributed by atoms with Crippen LogP contribution in [0, 0.1) is 0 Å². The molecule has 0 saturated heterocycles. The molecule has 148 valence electrons. The molecule has 2 unspecified atom stereocenters. The lowest BCUT2D eigenvalue weighted by Gasteiger charge is -2.28. The summed E-state index contributed by atoms with van der Waals surface area (Å²) in [6.07, 6.45) is 2.03. The molecule has 1 fully saturated rings. The Labute approximate surface area is 161 Å².